The number of phenols is 1. The Balaban J connectivity index is 1.51. The minimum Gasteiger partial charge on any atom is -0.507 e. The van der Waals surface area contributed by atoms with Crippen molar-refractivity contribution in [3.63, 3.8) is 0 Å². The van der Waals surface area contributed by atoms with E-state index in [0.717, 1.165) is 48.6 Å². The molecule has 2 fully saturated rings. The lowest BCUT2D eigenvalue weighted by Gasteiger charge is -2.57. The molecule has 2 aromatic heterocycles. The third-order valence-electron chi connectivity index (χ3n) is 5.31. The van der Waals surface area contributed by atoms with E-state index in [9.17, 15) is 5.11 Å². The average Bonchev–Trinajstić information content (AvgIpc) is 2.52. The number of hydrogen-bond acceptors (Lipinski definition) is 6. The number of phenolic OH excluding ortho intramolecular Hbond substituents is 1. The normalized spacial score (nSPS) is 18.2. The van der Waals surface area contributed by atoms with Crippen LogP contribution in [0.4, 0.5) is 5.69 Å². The Morgan fingerprint density at radius 2 is 1.88 bits per heavy atom. The van der Waals surface area contributed by atoms with Crippen LogP contribution in [-0.4, -0.2) is 46.5 Å². The Labute approximate surface area is 145 Å². The number of aromatic nitrogens is 3. The molecule has 0 atom stereocenters. The van der Waals surface area contributed by atoms with Crippen molar-refractivity contribution in [1.29, 1.82) is 0 Å². The van der Waals surface area contributed by atoms with Crippen LogP contribution in [0.5, 0.6) is 5.75 Å². The fourth-order valence-electron chi connectivity index (χ4n) is 3.83. The second-order valence-corrected chi connectivity index (χ2v) is 7.20. The first-order valence-electron chi connectivity index (χ1n) is 8.53. The molecule has 4 heterocycles. The van der Waals surface area contributed by atoms with Crippen LogP contribution in [0.1, 0.15) is 5.69 Å². The third kappa shape index (κ3) is 2.25. The van der Waals surface area contributed by atoms with Crippen molar-refractivity contribution in [3.05, 3.63) is 42.1 Å². The van der Waals surface area contributed by atoms with E-state index in [1.165, 1.54) is 0 Å². The molecule has 0 bridgehead atoms. The monoisotopic (exact) mass is 333 g/mol. The molecule has 3 aromatic rings. The zero-order valence-corrected chi connectivity index (χ0v) is 14.0. The molecule has 5 rings (SSSR count). The van der Waals surface area contributed by atoms with Gasteiger partial charge in [0.2, 0.25) is 0 Å². The molecule has 2 aliphatic heterocycles. The van der Waals surface area contributed by atoms with E-state index < -0.39 is 0 Å². The van der Waals surface area contributed by atoms with Gasteiger partial charge in [-0.2, -0.15) is 0 Å². The van der Waals surface area contributed by atoms with E-state index in [-0.39, 0.29) is 5.75 Å². The third-order valence-corrected chi connectivity index (χ3v) is 5.31. The summed E-state index contributed by atoms with van der Waals surface area (Å²) in [6, 6.07) is 11.1. The van der Waals surface area contributed by atoms with Gasteiger partial charge in [0, 0.05) is 37.2 Å². The molecule has 0 unspecified atom stereocenters. The molecule has 25 heavy (non-hydrogen) atoms. The van der Waals surface area contributed by atoms with Crippen molar-refractivity contribution >= 4 is 16.7 Å². The van der Waals surface area contributed by atoms with Crippen molar-refractivity contribution < 1.29 is 5.11 Å². The van der Waals surface area contributed by atoms with E-state index >= 15 is 0 Å². The minimum absolute atomic E-state index is 0.199. The maximum absolute atomic E-state index is 10.0. The number of rotatable bonds is 2. The van der Waals surface area contributed by atoms with Gasteiger partial charge < -0.3 is 15.3 Å². The van der Waals surface area contributed by atoms with E-state index in [1.54, 1.807) is 12.1 Å². The second-order valence-electron chi connectivity index (χ2n) is 7.20. The Bertz CT molecular complexity index is 975. The summed E-state index contributed by atoms with van der Waals surface area (Å²) < 4.78 is 0. The summed E-state index contributed by atoms with van der Waals surface area (Å²) in [5.74, 6) is 0.199. The molecule has 1 aromatic carbocycles. The highest BCUT2D eigenvalue weighted by molar-refractivity contribution is 5.83. The topological polar surface area (TPSA) is 74.2 Å². The Morgan fingerprint density at radius 1 is 1.08 bits per heavy atom. The number of anilines is 1. The van der Waals surface area contributed by atoms with E-state index in [0.29, 0.717) is 16.7 Å². The van der Waals surface area contributed by atoms with Crippen LogP contribution in [0.15, 0.2) is 36.4 Å². The van der Waals surface area contributed by atoms with Gasteiger partial charge >= 0.3 is 0 Å². The van der Waals surface area contributed by atoms with Gasteiger partial charge in [-0.05, 0) is 31.2 Å². The first-order valence-corrected chi connectivity index (χ1v) is 8.53. The summed E-state index contributed by atoms with van der Waals surface area (Å²) in [4.78, 5) is 7.12. The summed E-state index contributed by atoms with van der Waals surface area (Å²) in [7, 11) is 0. The van der Waals surface area contributed by atoms with E-state index in [2.05, 4.69) is 26.5 Å². The maximum atomic E-state index is 10.0. The highest BCUT2D eigenvalue weighted by Crippen LogP contribution is 2.39. The van der Waals surface area contributed by atoms with E-state index in [1.807, 2.05) is 25.1 Å². The molecular formula is C19H19N5O. The van der Waals surface area contributed by atoms with Crippen molar-refractivity contribution in [2.75, 3.05) is 31.1 Å². The van der Waals surface area contributed by atoms with Gasteiger partial charge in [-0.25, -0.2) is 4.98 Å². The van der Waals surface area contributed by atoms with Gasteiger partial charge in [0.15, 0.2) is 0 Å². The number of nitrogens with one attached hydrogen (secondary N) is 1. The number of aryl methyl sites for hydroxylation is 1. The van der Waals surface area contributed by atoms with Crippen LogP contribution < -0.4 is 10.2 Å². The number of nitrogens with zero attached hydrogens (tertiary/aromatic N) is 4. The lowest BCUT2D eigenvalue weighted by molar-refractivity contribution is 0.121. The number of benzene rings is 1. The van der Waals surface area contributed by atoms with Crippen molar-refractivity contribution in [2.24, 2.45) is 5.41 Å². The maximum Gasteiger partial charge on any atom is 0.125 e. The van der Waals surface area contributed by atoms with Gasteiger partial charge in [-0.3, -0.25) is 0 Å². The van der Waals surface area contributed by atoms with Gasteiger partial charge in [-0.15, -0.1) is 10.2 Å². The summed E-state index contributed by atoms with van der Waals surface area (Å²) in [6.45, 7) is 6.44. The van der Waals surface area contributed by atoms with Gasteiger partial charge in [0.25, 0.3) is 0 Å². The standard InChI is InChI=1S/C19H19N5O/c1-12-17(24-10-19(11-24)8-20-9-19)7-16-15(21-12)6-14(22-23-16)13-4-2-3-5-18(13)25/h2-7,20,25H,8-11H2,1H3. The molecule has 0 amide bonds. The van der Waals surface area contributed by atoms with Gasteiger partial charge in [0.1, 0.15) is 11.3 Å². The Morgan fingerprint density at radius 3 is 2.60 bits per heavy atom. The summed E-state index contributed by atoms with van der Waals surface area (Å²) in [5, 5.41) is 22.0. The fourth-order valence-corrected chi connectivity index (χ4v) is 3.83. The molecule has 126 valence electrons. The zero-order valence-electron chi connectivity index (χ0n) is 14.0. The zero-order chi connectivity index (χ0) is 17.0. The van der Waals surface area contributed by atoms with Crippen LogP contribution in [0.3, 0.4) is 0 Å². The predicted octanol–water partition coefficient (Wildman–Crippen LogP) is 2.12. The second kappa shape index (κ2) is 5.13. The molecule has 1 spiro atoms. The van der Waals surface area contributed by atoms with Crippen LogP contribution >= 0.6 is 0 Å². The SMILES string of the molecule is Cc1nc2cc(-c3ccccc3O)nnc2cc1N1CC2(CNC2)C1. The van der Waals surface area contributed by atoms with Crippen LogP contribution in [0.2, 0.25) is 0 Å². The summed E-state index contributed by atoms with van der Waals surface area (Å²) >= 11 is 0. The molecule has 0 saturated carbocycles. The first kappa shape index (κ1) is 14.6. The quantitative estimate of drug-likeness (QED) is 0.748. The smallest absolute Gasteiger partial charge is 0.125 e. The molecule has 2 N–H and O–H groups in total. The highest BCUT2D eigenvalue weighted by Gasteiger charge is 2.47. The van der Waals surface area contributed by atoms with Gasteiger partial charge in [-0.1, -0.05) is 12.1 Å². The Hall–Kier alpha value is -2.73. The number of pyridine rings is 1. The summed E-state index contributed by atoms with van der Waals surface area (Å²) in [5.41, 5.74) is 5.51. The Kier molecular flexibility index (Phi) is 3.00. The number of para-hydroxylation sites is 1. The molecule has 2 aliphatic rings. The lowest BCUT2D eigenvalue weighted by atomic mass is 9.74. The van der Waals surface area contributed by atoms with Gasteiger partial charge in [0.05, 0.1) is 22.6 Å². The first-order chi connectivity index (χ1) is 12.1. The van der Waals surface area contributed by atoms with Crippen LogP contribution in [-0.2, 0) is 0 Å². The fraction of sp³-hybridized carbons (Fsp3) is 0.316. The molecular weight excluding hydrogens is 314 g/mol. The predicted molar refractivity (Wildman–Crippen MR) is 96.7 cm³/mol. The highest BCUT2D eigenvalue weighted by atomic mass is 16.3. The lowest BCUT2D eigenvalue weighted by Crippen LogP contribution is -2.71. The molecule has 6 heteroatoms. The molecule has 2 saturated heterocycles. The van der Waals surface area contributed by atoms with E-state index in [4.69, 9.17) is 4.98 Å². The van der Waals surface area contributed by atoms with Crippen molar-refractivity contribution in [1.82, 2.24) is 20.5 Å². The summed E-state index contributed by atoms with van der Waals surface area (Å²) in [6.07, 6.45) is 0. The van der Waals surface area contributed by atoms with Crippen molar-refractivity contribution in [2.45, 2.75) is 6.92 Å². The largest absolute Gasteiger partial charge is 0.507 e. The van der Waals surface area contributed by atoms with Crippen LogP contribution in [0.25, 0.3) is 22.3 Å². The molecule has 6 nitrogen and oxygen atoms in total. The average molecular weight is 333 g/mol. The van der Waals surface area contributed by atoms with Crippen LogP contribution in [0, 0.1) is 12.3 Å². The molecule has 0 radical (unpaired) electrons. The van der Waals surface area contributed by atoms with Crippen molar-refractivity contribution in [3.8, 4) is 17.0 Å². The molecule has 0 aliphatic carbocycles. The minimum atomic E-state index is 0.199. The number of fused-ring (bicyclic) bond motifs is 1. The number of hydrogen-bond donors (Lipinski definition) is 2. The number of aromatic hydroxyl groups is 1.